The zero-order chi connectivity index (χ0) is 19.3. The summed E-state index contributed by atoms with van der Waals surface area (Å²) >= 11 is 0. The molecule has 6 nitrogen and oxygen atoms in total. The smallest absolute Gasteiger partial charge is 0.227 e. The molecule has 0 saturated carbocycles. The standard InChI is InChI=1S/C21H19FN6/c22-17-5-7-18(8-6-17)27-11-13-28(14-12-27)21-24-10-9-20(26-21)25-19-4-2-1-3-16(19)15-23/h1-10H,11-14H2,(H,24,25,26). The number of para-hydroxylation sites is 1. The van der Waals surface area contributed by atoms with E-state index in [1.165, 1.54) is 12.1 Å². The third kappa shape index (κ3) is 3.86. The van der Waals surface area contributed by atoms with Gasteiger partial charge in [-0.25, -0.2) is 9.37 Å². The molecule has 140 valence electrons. The molecule has 2 aromatic carbocycles. The molecule has 0 amide bonds. The van der Waals surface area contributed by atoms with Crippen LogP contribution in [0.3, 0.4) is 0 Å². The average Bonchev–Trinajstić information content (AvgIpc) is 2.75. The van der Waals surface area contributed by atoms with E-state index in [-0.39, 0.29) is 5.82 Å². The molecule has 1 saturated heterocycles. The first-order valence-corrected chi connectivity index (χ1v) is 9.07. The van der Waals surface area contributed by atoms with Gasteiger partial charge in [-0.05, 0) is 42.5 Å². The Labute approximate surface area is 162 Å². The molecule has 0 unspecified atom stereocenters. The topological polar surface area (TPSA) is 68.1 Å². The molecular weight excluding hydrogens is 355 g/mol. The van der Waals surface area contributed by atoms with E-state index >= 15 is 0 Å². The maximum atomic E-state index is 13.1. The van der Waals surface area contributed by atoms with Crippen LogP contribution >= 0.6 is 0 Å². The summed E-state index contributed by atoms with van der Waals surface area (Å²) < 4.78 is 13.1. The van der Waals surface area contributed by atoms with Gasteiger partial charge in [0, 0.05) is 38.1 Å². The maximum absolute atomic E-state index is 13.1. The van der Waals surface area contributed by atoms with E-state index in [2.05, 4.69) is 31.2 Å². The average molecular weight is 374 g/mol. The summed E-state index contributed by atoms with van der Waals surface area (Å²) in [5.74, 6) is 1.07. The zero-order valence-electron chi connectivity index (χ0n) is 15.2. The quantitative estimate of drug-likeness (QED) is 0.753. The highest BCUT2D eigenvalue weighted by Gasteiger charge is 2.19. The number of halogens is 1. The van der Waals surface area contributed by atoms with Crippen LogP contribution in [-0.2, 0) is 0 Å². The lowest BCUT2D eigenvalue weighted by Gasteiger charge is -2.36. The number of hydrogen-bond donors (Lipinski definition) is 1. The number of rotatable bonds is 4. The highest BCUT2D eigenvalue weighted by molar-refractivity contribution is 5.64. The number of nitrogens with zero attached hydrogens (tertiary/aromatic N) is 5. The Bertz CT molecular complexity index is 990. The lowest BCUT2D eigenvalue weighted by atomic mass is 10.2. The zero-order valence-corrected chi connectivity index (χ0v) is 15.2. The lowest BCUT2D eigenvalue weighted by molar-refractivity contribution is 0.623. The van der Waals surface area contributed by atoms with Crippen LogP contribution in [0.1, 0.15) is 5.56 Å². The van der Waals surface area contributed by atoms with E-state index in [9.17, 15) is 9.65 Å². The Morgan fingerprint density at radius 2 is 1.64 bits per heavy atom. The maximum Gasteiger partial charge on any atom is 0.227 e. The second-order valence-corrected chi connectivity index (χ2v) is 6.47. The number of aromatic nitrogens is 2. The number of piperazine rings is 1. The summed E-state index contributed by atoms with van der Waals surface area (Å²) in [5, 5.41) is 12.4. The minimum absolute atomic E-state index is 0.224. The van der Waals surface area contributed by atoms with Gasteiger partial charge in [0.05, 0.1) is 11.3 Å². The lowest BCUT2D eigenvalue weighted by Crippen LogP contribution is -2.47. The Hall–Kier alpha value is -3.66. The fourth-order valence-corrected chi connectivity index (χ4v) is 3.21. The van der Waals surface area contributed by atoms with Crippen LogP contribution in [-0.4, -0.2) is 36.1 Å². The van der Waals surface area contributed by atoms with Crippen molar-refractivity contribution in [3.05, 3.63) is 72.2 Å². The van der Waals surface area contributed by atoms with Gasteiger partial charge >= 0.3 is 0 Å². The molecule has 1 N–H and O–H groups in total. The van der Waals surface area contributed by atoms with Crippen molar-refractivity contribution < 1.29 is 4.39 Å². The third-order valence-electron chi connectivity index (χ3n) is 4.71. The molecule has 0 bridgehead atoms. The summed E-state index contributed by atoms with van der Waals surface area (Å²) in [4.78, 5) is 13.4. The number of nitrogens with one attached hydrogen (secondary N) is 1. The van der Waals surface area contributed by atoms with Crippen LogP contribution < -0.4 is 15.1 Å². The molecule has 0 spiro atoms. The number of benzene rings is 2. The Kier molecular flexibility index (Phi) is 5.02. The van der Waals surface area contributed by atoms with Crippen LogP contribution in [0.25, 0.3) is 0 Å². The van der Waals surface area contributed by atoms with E-state index in [0.29, 0.717) is 17.3 Å². The number of anilines is 4. The van der Waals surface area contributed by atoms with Crippen molar-refractivity contribution in [2.24, 2.45) is 0 Å². The van der Waals surface area contributed by atoms with Gasteiger partial charge in [-0.1, -0.05) is 12.1 Å². The number of hydrogen-bond acceptors (Lipinski definition) is 6. The van der Waals surface area contributed by atoms with Crippen LogP contribution in [0.15, 0.2) is 60.8 Å². The summed E-state index contributed by atoms with van der Waals surface area (Å²) in [6.07, 6.45) is 1.71. The monoisotopic (exact) mass is 374 g/mol. The van der Waals surface area contributed by atoms with Crippen LogP contribution in [0.5, 0.6) is 0 Å². The molecule has 4 rings (SSSR count). The van der Waals surface area contributed by atoms with Crippen molar-refractivity contribution in [1.82, 2.24) is 9.97 Å². The molecule has 3 aromatic rings. The van der Waals surface area contributed by atoms with Crippen molar-refractivity contribution in [3.63, 3.8) is 0 Å². The minimum atomic E-state index is -0.224. The van der Waals surface area contributed by atoms with Gasteiger partial charge in [-0.15, -0.1) is 0 Å². The second kappa shape index (κ2) is 7.92. The first-order chi connectivity index (χ1) is 13.7. The summed E-state index contributed by atoms with van der Waals surface area (Å²) in [5.41, 5.74) is 2.30. The fraction of sp³-hybridized carbons (Fsp3) is 0.190. The highest BCUT2D eigenvalue weighted by atomic mass is 19.1. The largest absolute Gasteiger partial charge is 0.368 e. The SMILES string of the molecule is N#Cc1ccccc1Nc1ccnc(N2CCN(c3ccc(F)cc3)CC2)n1. The molecule has 1 fully saturated rings. The van der Waals surface area contributed by atoms with E-state index < -0.39 is 0 Å². The minimum Gasteiger partial charge on any atom is -0.368 e. The molecule has 1 aliphatic heterocycles. The van der Waals surface area contributed by atoms with Gasteiger partial charge in [0.25, 0.3) is 0 Å². The van der Waals surface area contributed by atoms with Crippen molar-refractivity contribution in [2.75, 3.05) is 41.3 Å². The van der Waals surface area contributed by atoms with Crippen LogP contribution in [0.4, 0.5) is 27.5 Å². The van der Waals surface area contributed by atoms with Gasteiger partial charge in [0.15, 0.2) is 0 Å². The summed E-state index contributed by atoms with van der Waals surface area (Å²) in [6.45, 7) is 3.17. The van der Waals surface area contributed by atoms with E-state index in [4.69, 9.17) is 0 Å². The van der Waals surface area contributed by atoms with Crippen LogP contribution in [0.2, 0.25) is 0 Å². The normalized spacial score (nSPS) is 13.9. The molecule has 2 heterocycles. The van der Waals surface area contributed by atoms with Gasteiger partial charge < -0.3 is 15.1 Å². The Morgan fingerprint density at radius 1 is 0.929 bits per heavy atom. The van der Waals surface area contributed by atoms with E-state index in [1.54, 1.807) is 30.5 Å². The fourth-order valence-electron chi connectivity index (χ4n) is 3.21. The molecule has 0 aliphatic carbocycles. The van der Waals surface area contributed by atoms with Crippen molar-refractivity contribution in [1.29, 1.82) is 5.26 Å². The van der Waals surface area contributed by atoms with Gasteiger partial charge in [-0.2, -0.15) is 10.2 Å². The van der Waals surface area contributed by atoms with Gasteiger partial charge in [0.1, 0.15) is 17.7 Å². The first-order valence-electron chi connectivity index (χ1n) is 9.07. The van der Waals surface area contributed by atoms with Gasteiger partial charge in [0.2, 0.25) is 5.95 Å². The molecule has 7 heteroatoms. The van der Waals surface area contributed by atoms with Gasteiger partial charge in [-0.3, -0.25) is 0 Å². The Morgan fingerprint density at radius 3 is 2.39 bits per heavy atom. The van der Waals surface area contributed by atoms with Crippen molar-refractivity contribution >= 4 is 23.1 Å². The van der Waals surface area contributed by atoms with Crippen molar-refractivity contribution in [2.45, 2.75) is 0 Å². The van der Waals surface area contributed by atoms with Crippen LogP contribution in [0, 0.1) is 17.1 Å². The Balaban J connectivity index is 1.44. The molecule has 0 atom stereocenters. The molecular formula is C21H19FN6. The number of nitriles is 1. The summed E-state index contributed by atoms with van der Waals surface area (Å²) in [6, 6.07) is 17.9. The predicted molar refractivity (Wildman–Crippen MR) is 107 cm³/mol. The first kappa shape index (κ1) is 17.7. The predicted octanol–water partition coefficient (Wildman–Crippen LogP) is 3.56. The molecule has 1 aromatic heterocycles. The summed E-state index contributed by atoms with van der Waals surface area (Å²) in [7, 11) is 0. The van der Waals surface area contributed by atoms with Crippen molar-refractivity contribution in [3.8, 4) is 6.07 Å². The molecule has 1 aliphatic rings. The highest BCUT2D eigenvalue weighted by Crippen LogP contribution is 2.22. The molecule has 0 radical (unpaired) electrons. The van der Waals surface area contributed by atoms with E-state index in [0.717, 1.165) is 37.6 Å². The molecule has 28 heavy (non-hydrogen) atoms. The van der Waals surface area contributed by atoms with E-state index in [1.807, 2.05) is 18.2 Å². The third-order valence-corrected chi connectivity index (χ3v) is 4.71. The second-order valence-electron chi connectivity index (χ2n) is 6.47.